The zero-order valence-corrected chi connectivity index (χ0v) is 22.9. The molecule has 1 aliphatic heterocycles. The van der Waals surface area contributed by atoms with Gasteiger partial charge in [-0.2, -0.15) is 0 Å². The molecular formula is C25H34N4O6S2. The SMILES string of the molecule is COc1ccc(SCC(=O)NC2(C(=O)NCCNS(=O)(=O)c3ccc(C)cc3)CCNCC2)cc1OC. The summed E-state index contributed by atoms with van der Waals surface area (Å²) >= 11 is 1.33. The smallest absolute Gasteiger partial charge is 0.245 e. The zero-order valence-electron chi connectivity index (χ0n) is 21.3. The third kappa shape index (κ3) is 7.84. The van der Waals surface area contributed by atoms with Gasteiger partial charge in [-0.3, -0.25) is 9.59 Å². The summed E-state index contributed by atoms with van der Waals surface area (Å²) < 4.78 is 38.0. The highest BCUT2D eigenvalue weighted by atomic mass is 32.2. The molecule has 2 aromatic carbocycles. The summed E-state index contributed by atoms with van der Waals surface area (Å²) in [6, 6.07) is 11.9. The van der Waals surface area contributed by atoms with Crippen LogP contribution in [0.15, 0.2) is 52.3 Å². The fourth-order valence-corrected chi connectivity index (χ4v) is 5.71. The Morgan fingerprint density at radius 3 is 2.32 bits per heavy atom. The van der Waals surface area contributed by atoms with E-state index in [4.69, 9.17) is 9.47 Å². The Labute approximate surface area is 222 Å². The van der Waals surface area contributed by atoms with Crippen LogP contribution in [0, 0.1) is 6.92 Å². The Morgan fingerprint density at radius 1 is 1.00 bits per heavy atom. The largest absolute Gasteiger partial charge is 0.493 e. The Hall–Kier alpha value is -2.80. The van der Waals surface area contributed by atoms with Gasteiger partial charge in [-0.15, -0.1) is 11.8 Å². The molecule has 37 heavy (non-hydrogen) atoms. The molecular weight excluding hydrogens is 516 g/mol. The molecule has 3 rings (SSSR count). The maximum Gasteiger partial charge on any atom is 0.245 e. The Bertz CT molecular complexity index is 1180. The minimum atomic E-state index is -3.68. The molecule has 0 bridgehead atoms. The number of nitrogens with one attached hydrogen (secondary N) is 4. The summed E-state index contributed by atoms with van der Waals surface area (Å²) in [6.45, 7) is 3.16. The molecule has 0 spiro atoms. The van der Waals surface area contributed by atoms with Gasteiger partial charge in [0.25, 0.3) is 0 Å². The molecule has 0 aliphatic carbocycles. The van der Waals surface area contributed by atoms with Crippen LogP contribution in [-0.4, -0.2) is 71.9 Å². The van der Waals surface area contributed by atoms with Crippen molar-refractivity contribution in [1.29, 1.82) is 0 Å². The summed E-state index contributed by atoms with van der Waals surface area (Å²) in [5.41, 5.74) is -0.0984. The van der Waals surface area contributed by atoms with E-state index in [0.29, 0.717) is 37.4 Å². The van der Waals surface area contributed by atoms with Gasteiger partial charge >= 0.3 is 0 Å². The Kier molecular flexibility index (Phi) is 10.2. The van der Waals surface area contributed by atoms with Crippen molar-refractivity contribution in [3.8, 4) is 11.5 Å². The lowest BCUT2D eigenvalue weighted by molar-refractivity contribution is -0.133. The van der Waals surface area contributed by atoms with Crippen LogP contribution in [0.25, 0.3) is 0 Å². The first-order valence-corrected chi connectivity index (χ1v) is 14.4. The number of hydrogen-bond acceptors (Lipinski definition) is 8. The fraction of sp³-hybridized carbons (Fsp3) is 0.440. The van der Waals surface area contributed by atoms with Crippen LogP contribution in [0.3, 0.4) is 0 Å². The minimum Gasteiger partial charge on any atom is -0.493 e. The third-order valence-electron chi connectivity index (χ3n) is 6.03. The van der Waals surface area contributed by atoms with Crippen molar-refractivity contribution in [2.75, 3.05) is 46.2 Å². The normalized spacial score (nSPS) is 15.0. The molecule has 1 heterocycles. The Morgan fingerprint density at radius 2 is 1.68 bits per heavy atom. The van der Waals surface area contributed by atoms with Gasteiger partial charge in [-0.05, 0) is 63.2 Å². The Balaban J connectivity index is 1.54. The summed E-state index contributed by atoms with van der Waals surface area (Å²) in [5.74, 6) is 0.696. The number of ether oxygens (including phenoxy) is 2. The lowest BCUT2D eigenvalue weighted by atomic mass is 9.87. The number of amides is 2. The average molecular weight is 551 g/mol. The highest BCUT2D eigenvalue weighted by Crippen LogP contribution is 2.32. The number of sulfonamides is 1. The zero-order chi connectivity index (χ0) is 26.9. The van der Waals surface area contributed by atoms with Crippen LogP contribution in [0.1, 0.15) is 18.4 Å². The fourth-order valence-electron chi connectivity index (χ4n) is 3.95. The van der Waals surface area contributed by atoms with Crippen molar-refractivity contribution in [1.82, 2.24) is 20.7 Å². The summed E-state index contributed by atoms with van der Waals surface area (Å²) in [4.78, 5) is 27.0. The molecule has 1 aliphatic rings. The first-order valence-electron chi connectivity index (χ1n) is 11.9. The van der Waals surface area contributed by atoms with E-state index in [9.17, 15) is 18.0 Å². The standard InChI is InChI=1S/C25H34N4O6S2/c1-18-4-7-20(8-5-18)37(32,33)28-15-14-27-24(31)25(10-12-26-13-11-25)29-23(30)17-36-19-6-9-21(34-2)22(16-19)35-3/h4-9,16,26,28H,10-15,17H2,1-3H3,(H,27,31)(H,29,30). The molecule has 12 heteroatoms. The summed E-state index contributed by atoms with van der Waals surface area (Å²) in [7, 11) is -0.574. The minimum absolute atomic E-state index is 0.0272. The number of hydrogen-bond donors (Lipinski definition) is 4. The summed E-state index contributed by atoms with van der Waals surface area (Å²) in [5, 5.41) is 8.93. The number of benzene rings is 2. The number of piperidine rings is 1. The van der Waals surface area contributed by atoms with Crippen molar-refractivity contribution in [2.24, 2.45) is 0 Å². The van der Waals surface area contributed by atoms with Crippen molar-refractivity contribution < 1.29 is 27.5 Å². The molecule has 0 atom stereocenters. The van der Waals surface area contributed by atoms with Crippen molar-refractivity contribution in [3.05, 3.63) is 48.0 Å². The van der Waals surface area contributed by atoms with Gasteiger partial charge < -0.3 is 25.4 Å². The van der Waals surface area contributed by atoms with Crippen LogP contribution in [0.2, 0.25) is 0 Å². The van der Waals surface area contributed by atoms with Crippen LogP contribution < -0.4 is 30.1 Å². The molecule has 202 valence electrons. The first kappa shape index (κ1) is 28.8. The molecule has 2 amide bonds. The van der Waals surface area contributed by atoms with E-state index in [0.717, 1.165) is 10.5 Å². The number of methoxy groups -OCH3 is 2. The molecule has 2 aromatic rings. The first-order chi connectivity index (χ1) is 17.7. The molecule has 10 nitrogen and oxygen atoms in total. The molecule has 1 saturated heterocycles. The van der Waals surface area contributed by atoms with E-state index in [2.05, 4.69) is 20.7 Å². The number of aryl methyl sites for hydroxylation is 1. The second-order valence-corrected chi connectivity index (χ2v) is 11.5. The second kappa shape index (κ2) is 13.1. The molecule has 0 aromatic heterocycles. The quantitative estimate of drug-likeness (QED) is 0.230. The van der Waals surface area contributed by atoms with Crippen LogP contribution in [0.5, 0.6) is 11.5 Å². The van der Waals surface area contributed by atoms with E-state index in [1.54, 1.807) is 38.5 Å². The van der Waals surface area contributed by atoms with Crippen molar-refractivity contribution >= 4 is 33.6 Å². The molecule has 0 unspecified atom stereocenters. The van der Waals surface area contributed by atoms with Gasteiger partial charge in [0.2, 0.25) is 21.8 Å². The van der Waals surface area contributed by atoms with Crippen molar-refractivity contribution in [3.63, 3.8) is 0 Å². The maximum atomic E-state index is 13.1. The maximum absolute atomic E-state index is 13.1. The van der Waals surface area contributed by atoms with Gasteiger partial charge in [-0.1, -0.05) is 17.7 Å². The van der Waals surface area contributed by atoms with E-state index >= 15 is 0 Å². The summed E-state index contributed by atoms with van der Waals surface area (Å²) in [6.07, 6.45) is 0.862. The number of thioether (sulfide) groups is 1. The average Bonchev–Trinajstić information content (AvgIpc) is 2.90. The predicted octanol–water partition coefficient (Wildman–Crippen LogP) is 1.44. The second-order valence-electron chi connectivity index (χ2n) is 8.65. The van der Waals surface area contributed by atoms with Crippen LogP contribution in [-0.2, 0) is 19.6 Å². The van der Waals surface area contributed by atoms with Crippen molar-refractivity contribution in [2.45, 2.75) is 35.1 Å². The lowest BCUT2D eigenvalue weighted by Crippen LogP contribution is -2.63. The number of carbonyl (C=O) groups excluding carboxylic acids is 2. The third-order valence-corrected chi connectivity index (χ3v) is 8.50. The van der Waals surface area contributed by atoms with E-state index in [-0.39, 0.29) is 35.6 Å². The van der Waals surface area contributed by atoms with Gasteiger partial charge in [-0.25, -0.2) is 13.1 Å². The van der Waals surface area contributed by atoms with Gasteiger partial charge in [0, 0.05) is 18.0 Å². The van der Waals surface area contributed by atoms with E-state index in [1.807, 2.05) is 13.0 Å². The predicted molar refractivity (Wildman–Crippen MR) is 143 cm³/mol. The van der Waals surface area contributed by atoms with Gasteiger partial charge in [0.05, 0.1) is 24.9 Å². The van der Waals surface area contributed by atoms with Crippen LogP contribution in [0.4, 0.5) is 0 Å². The highest BCUT2D eigenvalue weighted by molar-refractivity contribution is 8.00. The van der Waals surface area contributed by atoms with Gasteiger partial charge in [0.1, 0.15) is 5.54 Å². The number of rotatable bonds is 12. The topological polar surface area (TPSA) is 135 Å². The molecule has 4 N–H and O–H groups in total. The van der Waals surface area contributed by atoms with Crippen LogP contribution >= 0.6 is 11.8 Å². The highest BCUT2D eigenvalue weighted by Gasteiger charge is 2.40. The van der Waals surface area contributed by atoms with Gasteiger partial charge in [0.15, 0.2) is 11.5 Å². The van der Waals surface area contributed by atoms with E-state index in [1.165, 1.54) is 23.9 Å². The molecule has 0 saturated carbocycles. The molecule has 0 radical (unpaired) electrons. The lowest BCUT2D eigenvalue weighted by Gasteiger charge is -2.37. The number of carbonyl (C=O) groups is 2. The van der Waals surface area contributed by atoms with E-state index < -0.39 is 15.6 Å². The monoisotopic (exact) mass is 550 g/mol. The molecule has 1 fully saturated rings.